The molecule has 0 saturated carbocycles. The Morgan fingerprint density at radius 2 is 1.80 bits per heavy atom. The van der Waals surface area contributed by atoms with E-state index in [1.54, 1.807) is 25.3 Å². The van der Waals surface area contributed by atoms with Crippen molar-refractivity contribution in [2.45, 2.75) is 38.8 Å². The molecule has 3 amide bonds. The van der Waals surface area contributed by atoms with E-state index in [1.165, 1.54) is 5.56 Å². The number of imide groups is 1. The quantitative estimate of drug-likeness (QED) is 0.571. The van der Waals surface area contributed by atoms with Gasteiger partial charge in [0.1, 0.15) is 12.1 Å². The molecule has 0 aliphatic carbocycles. The van der Waals surface area contributed by atoms with Crippen LogP contribution in [0.2, 0.25) is 5.02 Å². The van der Waals surface area contributed by atoms with Gasteiger partial charge in [-0.2, -0.15) is 0 Å². The minimum atomic E-state index is -1.12. The van der Waals surface area contributed by atoms with Gasteiger partial charge < -0.3 is 9.73 Å². The smallest absolute Gasteiger partial charge is 0.325 e. The maximum Gasteiger partial charge on any atom is 0.325 e. The summed E-state index contributed by atoms with van der Waals surface area (Å²) in [6.07, 6.45) is 3.60. The molecule has 1 saturated heterocycles. The van der Waals surface area contributed by atoms with E-state index in [0.29, 0.717) is 10.8 Å². The highest BCUT2D eigenvalue weighted by Gasteiger charge is 2.49. The normalized spacial score (nSPS) is 18.7. The molecule has 30 heavy (non-hydrogen) atoms. The second-order valence-corrected chi connectivity index (χ2v) is 7.95. The standard InChI is InChI=1S/C23H22ClN3O3/c1-3-4-15-5-9-17(10-6-15)23(2)21(28)27(22(29)26-23)14-20-25-13-19(30-20)16-7-11-18(24)12-8-16/h5-13H,3-4,14H2,1-2H3,(H,26,29). The van der Waals surface area contributed by atoms with Crippen molar-refractivity contribution < 1.29 is 14.0 Å². The first kappa shape index (κ1) is 20.2. The fourth-order valence-electron chi connectivity index (χ4n) is 3.60. The van der Waals surface area contributed by atoms with Crippen molar-refractivity contribution in [1.29, 1.82) is 0 Å². The van der Waals surface area contributed by atoms with Crippen molar-refractivity contribution >= 4 is 23.5 Å². The molecular formula is C23H22ClN3O3. The fraction of sp³-hybridized carbons (Fsp3) is 0.261. The topological polar surface area (TPSA) is 75.4 Å². The van der Waals surface area contributed by atoms with Crippen LogP contribution in [0.5, 0.6) is 0 Å². The van der Waals surface area contributed by atoms with Crippen LogP contribution in [-0.2, 0) is 23.3 Å². The third-order valence-electron chi connectivity index (χ3n) is 5.32. The lowest BCUT2D eigenvalue weighted by Gasteiger charge is -2.22. The summed E-state index contributed by atoms with van der Waals surface area (Å²) < 4.78 is 5.76. The van der Waals surface area contributed by atoms with Crippen LogP contribution in [0, 0.1) is 0 Å². The number of amides is 3. The number of oxazole rings is 1. The summed E-state index contributed by atoms with van der Waals surface area (Å²) in [5, 5.41) is 3.44. The predicted molar refractivity (Wildman–Crippen MR) is 114 cm³/mol. The van der Waals surface area contributed by atoms with Crippen molar-refractivity contribution in [2.75, 3.05) is 0 Å². The monoisotopic (exact) mass is 423 g/mol. The summed E-state index contributed by atoms with van der Waals surface area (Å²) in [6.45, 7) is 3.80. The van der Waals surface area contributed by atoms with Gasteiger partial charge in [-0.3, -0.25) is 9.69 Å². The molecule has 1 unspecified atom stereocenters. The number of carbonyl (C=O) groups excluding carboxylic acids is 2. The first-order valence-corrected chi connectivity index (χ1v) is 10.2. The Balaban J connectivity index is 1.52. The molecular weight excluding hydrogens is 402 g/mol. The van der Waals surface area contributed by atoms with Gasteiger partial charge in [-0.15, -0.1) is 0 Å². The zero-order valence-corrected chi connectivity index (χ0v) is 17.6. The van der Waals surface area contributed by atoms with E-state index in [0.717, 1.165) is 28.9 Å². The van der Waals surface area contributed by atoms with Crippen LogP contribution in [0.3, 0.4) is 0 Å². The zero-order chi connectivity index (χ0) is 21.3. The second kappa shape index (κ2) is 7.95. The molecule has 3 aromatic rings. The summed E-state index contributed by atoms with van der Waals surface area (Å²) >= 11 is 5.92. The largest absolute Gasteiger partial charge is 0.439 e. The van der Waals surface area contributed by atoms with Crippen molar-refractivity contribution in [3.8, 4) is 11.3 Å². The van der Waals surface area contributed by atoms with Crippen molar-refractivity contribution in [3.05, 3.63) is 76.8 Å². The number of nitrogens with one attached hydrogen (secondary N) is 1. The Bertz CT molecular complexity index is 1080. The van der Waals surface area contributed by atoms with E-state index < -0.39 is 11.6 Å². The molecule has 1 atom stereocenters. The number of rotatable bonds is 6. The second-order valence-electron chi connectivity index (χ2n) is 7.52. The number of hydrogen-bond donors (Lipinski definition) is 1. The number of benzene rings is 2. The van der Waals surface area contributed by atoms with Crippen molar-refractivity contribution in [2.24, 2.45) is 0 Å². The minimum absolute atomic E-state index is 0.0399. The number of carbonyl (C=O) groups is 2. The van der Waals surface area contributed by atoms with Crippen LogP contribution >= 0.6 is 11.6 Å². The summed E-state index contributed by atoms with van der Waals surface area (Å²) in [7, 11) is 0. The van der Waals surface area contributed by atoms with Crippen LogP contribution in [0.1, 0.15) is 37.3 Å². The maximum atomic E-state index is 13.1. The van der Waals surface area contributed by atoms with Crippen molar-refractivity contribution in [3.63, 3.8) is 0 Å². The first-order valence-electron chi connectivity index (χ1n) is 9.85. The van der Waals surface area contributed by atoms with Gasteiger partial charge >= 0.3 is 6.03 Å². The maximum absolute atomic E-state index is 13.1. The highest BCUT2D eigenvalue weighted by Crippen LogP contribution is 2.31. The lowest BCUT2D eigenvalue weighted by Crippen LogP contribution is -2.40. The highest BCUT2D eigenvalue weighted by molar-refractivity contribution is 6.30. The van der Waals surface area contributed by atoms with Gasteiger partial charge in [0.2, 0.25) is 5.89 Å². The molecule has 154 valence electrons. The SMILES string of the molecule is CCCc1ccc(C2(C)NC(=O)N(Cc3ncc(-c4ccc(Cl)cc4)o3)C2=O)cc1. The molecule has 0 radical (unpaired) electrons. The molecule has 1 N–H and O–H groups in total. The lowest BCUT2D eigenvalue weighted by molar-refractivity contribution is -0.131. The Hall–Kier alpha value is -3.12. The van der Waals surface area contributed by atoms with Gasteiger partial charge in [-0.25, -0.2) is 9.78 Å². The third-order valence-corrected chi connectivity index (χ3v) is 5.57. The molecule has 0 bridgehead atoms. The summed E-state index contributed by atoms with van der Waals surface area (Å²) in [6, 6.07) is 14.5. The average Bonchev–Trinajstić information content (AvgIpc) is 3.29. The van der Waals surface area contributed by atoms with Crippen LogP contribution < -0.4 is 5.32 Å². The molecule has 2 heterocycles. The Kier molecular flexibility index (Phi) is 5.35. The van der Waals surface area contributed by atoms with E-state index in [2.05, 4.69) is 17.2 Å². The molecule has 2 aromatic carbocycles. The molecule has 6 nitrogen and oxygen atoms in total. The number of aromatic nitrogens is 1. The van der Waals surface area contributed by atoms with Gasteiger partial charge in [-0.1, -0.05) is 49.2 Å². The lowest BCUT2D eigenvalue weighted by atomic mass is 9.91. The van der Waals surface area contributed by atoms with Gasteiger partial charge in [-0.05, 0) is 48.7 Å². The van der Waals surface area contributed by atoms with Crippen molar-refractivity contribution in [1.82, 2.24) is 15.2 Å². The Labute approximate surface area is 179 Å². The van der Waals surface area contributed by atoms with Crippen LogP contribution in [0.15, 0.2) is 59.1 Å². The van der Waals surface area contributed by atoms with Crippen LogP contribution in [-0.4, -0.2) is 21.8 Å². The summed E-state index contributed by atoms with van der Waals surface area (Å²) in [4.78, 5) is 31.1. The van der Waals surface area contributed by atoms with Crippen LogP contribution in [0.4, 0.5) is 4.79 Å². The Morgan fingerprint density at radius 3 is 2.47 bits per heavy atom. The number of hydrogen-bond acceptors (Lipinski definition) is 4. The van der Waals surface area contributed by atoms with Gasteiger partial charge in [0.25, 0.3) is 5.91 Å². The van der Waals surface area contributed by atoms with Gasteiger partial charge in [0.15, 0.2) is 5.76 Å². The molecule has 7 heteroatoms. The predicted octanol–water partition coefficient (Wildman–Crippen LogP) is 4.91. The summed E-state index contributed by atoms with van der Waals surface area (Å²) in [5.41, 5.74) is 1.64. The minimum Gasteiger partial charge on any atom is -0.439 e. The number of nitrogens with zero attached hydrogens (tertiary/aromatic N) is 2. The molecule has 1 aliphatic rings. The third kappa shape index (κ3) is 3.71. The van der Waals surface area contributed by atoms with E-state index in [-0.39, 0.29) is 18.3 Å². The molecule has 0 spiro atoms. The zero-order valence-electron chi connectivity index (χ0n) is 16.8. The van der Waals surface area contributed by atoms with E-state index in [9.17, 15) is 9.59 Å². The Morgan fingerprint density at radius 1 is 1.10 bits per heavy atom. The molecule has 1 aliphatic heterocycles. The molecule has 1 fully saturated rings. The van der Waals surface area contributed by atoms with Gasteiger partial charge in [0.05, 0.1) is 6.20 Å². The van der Waals surface area contributed by atoms with E-state index >= 15 is 0 Å². The summed E-state index contributed by atoms with van der Waals surface area (Å²) in [5.74, 6) is 0.496. The number of urea groups is 1. The molecule has 4 rings (SSSR count). The molecule has 1 aromatic heterocycles. The fourth-order valence-corrected chi connectivity index (χ4v) is 3.72. The van der Waals surface area contributed by atoms with E-state index in [1.807, 2.05) is 36.4 Å². The number of aryl methyl sites for hydroxylation is 1. The van der Waals surface area contributed by atoms with Crippen LogP contribution in [0.25, 0.3) is 11.3 Å². The first-order chi connectivity index (χ1) is 14.4. The van der Waals surface area contributed by atoms with Gasteiger partial charge in [0, 0.05) is 10.6 Å². The average molecular weight is 424 g/mol. The number of halogens is 1. The highest BCUT2D eigenvalue weighted by atomic mass is 35.5. The van der Waals surface area contributed by atoms with E-state index in [4.69, 9.17) is 16.0 Å².